The molecule has 1 heterocycles. The van der Waals surface area contributed by atoms with Crippen LogP contribution in [0.5, 0.6) is 11.5 Å². The Kier molecular flexibility index (Phi) is 4.31. The molecule has 0 saturated heterocycles. The van der Waals surface area contributed by atoms with Gasteiger partial charge in [0.25, 0.3) is 0 Å². The van der Waals surface area contributed by atoms with Crippen LogP contribution < -0.4 is 4.74 Å². The summed E-state index contributed by atoms with van der Waals surface area (Å²) in [6.07, 6.45) is 1.48. The summed E-state index contributed by atoms with van der Waals surface area (Å²) in [6.45, 7) is 1.29. The van der Waals surface area contributed by atoms with Gasteiger partial charge in [-0.2, -0.15) is 0 Å². The molecule has 0 fully saturated rings. The standard InChI is InChI=1S/C13H8Br2FNO2/c1-7(18)12-10(16)3-2-4-11(12)19-8-5-9(14)13(15)17-6-8/h2-6H,1H3. The van der Waals surface area contributed by atoms with Crippen LogP contribution in [-0.2, 0) is 0 Å². The predicted molar refractivity (Wildman–Crippen MR) is 76.1 cm³/mol. The highest BCUT2D eigenvalue weighted by Crippen LogP contribution is 2.30. The molecule has 0 bridgehead atoms. The average molecular weight is 389 g/mol. The molecule has 2 aromatic rings. The number of rotatable bonds is 3. The fraction of sp³-hybridized carbons (Fsp3) is 0.0769. The fourth-order valence-electron chi connectivity index (χ4n) is 1.52. The molecule has 19 heavy (non-hydrogen) atoms. The lowest BCUT2D eigenvalue weighted by atomic mass is 10.1. The molecule has 1 aromatic carbocycles. The number of Topliss-reactive ketones (excluding diaryl/α,β-unsaturated/α-hetero) is 1. The molecular formula is C13H8Br2FNO2. The summed E-state index contributed by atoms with van der Waals surface area (Å²) in [5.41, 5.74) is -0.0680. The summed E-state index contributed by atoms with van der Waals surface area (Å²) >= 11 is 6.53. The van der Waals surface area contributed by atoms with Crippen LogP contribution >= 0.6 is 31.9 Å². The fourth-order valence-corrected chi connectivity index (χ4v) is 2.06. The maximum atomic E-state index is 13.6. The number of hydrogen-bond donors (Lipinski definition) is 0. The lowest BCUT2D eigenvalue weighted by Gasteiger charge is -2.10. The molecule has 0 atom stereocenters. The van der Waals surface area contributed by atoms with E-state index >= 15 is 0 Å². The van der Waals surface area contributed by atoms with E-state index < -0.39 is 11.6 Å². The molecule has 0 aliphatic carbocycles. The first-order chi connectivity index (χ1) is 8.99. The Morgan fingerprint density at radius 1 is 1.37 bits per heavy atom. The van der Waals surface area contributed by atoms with Gasteiger partial charge in [0, 0.05) is 0 Å². The monoisotopic (exact) mass is 387 g/mol. The van der Waals surface area contributed by atoms with Gasteiger partial charge < -0.3 is 4.74 Å². The number of pyridine rings is 1. The number of halogens is 3. The summed E-state index contributed by atoms with van der Waals surface area (Å²) in [4.78, 5) is 15.5. The third-order valence-electron chi connectivity index (χ3n) is 2.33. The van der Waals surface area contributed by atoms with Gasteiger partial charge in [-0.1, -0.05) is 6.07 Å². The van der Waals surface area contributed by atoms with E-state index in [9.17, 15) is 9.18 Å². The van der Waals surface area contributed by atoms with Crippen LogP contribution in [0.2, 0.25) is 0 Å². The van der Waals surface area contributed by atoms with Crippen molar-refractivity contribution in [2.45, 2.75) is 6.92 Å². The highest BCUT2D eigenvalue weighted by atomic mass is 79.9. The molecule has 0 spiro atoms. The summed E-state index contributed by atoms with van der Waals surface area (Å²) in [6, 6.07) is 5.92. The Morgan fingerprint density at radius 3 is 2.74 bits per heavy atom. The number of carbonyl (C=O) groups excluding carboxylic acids is 1. The van der Waals surface area contributed by atoms with Crippen molar-refractivity contribution in [3.8, 4) is 11.5 Å². The molecule has 0 aliphatic rings. The first-order valence-corrected chi connectivity index (χ1v) is 6.86. The zero-order valence-electron chi connectivity index (χ0n) is 9.78. The maximum Gasteiger partial charge on any atom is 0.166 e. The van der Waals surface area contributed by atoms with E-state index in [1.165, 1.54) is 31.3 Å². The van der Waals surface area contributed by atoms with Crippen LogP contribution in [0.25, 0.3) is 0 Å². The predicted octanol–water partition coefficient (Wildman–Crippen LogP) is 4.74. The maximum absolute atomic E-state index is 13.6. The lowest BCUT2D eigenvalue weighted by Crippen LogP contribution is -2.01. The number of hydrogen-bond acceptors (Lipinski definition) is 3. The number of benzene rings is 1. The zero-order valence-corrected chi connectivity index (χ0v) is 13.0. The van der Waals surface area contributed by atoms with Gasteiger partial charge in [0.15, 0.2) is 5.78 Å². The van der Waals surface area contributed by atoms with Gasteiger partial charge in [-0.3, -0.25) is 4.79 Å². The van der Waals surface area contributed by atoms with Crippen molar-refractivity contribution in [3.05, 3.63) is 50.9 Å². The molecule has 0 amide bonds. The van der Waals surface area contributed by atoms with Gasteiger partial charge in [-0.25, -0.2) is 9.37 Å². The summed E-state index contributed by atoms with van der Waals surface area (Å²) in [7, 11) is 0. The number of ether oxygens (including phenoxy) is 1. The van der Waals surface area contributed by atoms with Gasteiger partial charge in [0.1, 0.15) is 21.9 Å². The van der Waals surface area contributed by atoms with E-state index in [2.05, 4.69) is 36.8 Å². The number of ketones is 1. The minimum Gasteiger partial charge on any atom is -0.455 e. The molecular weight excluding hydrogens is 381 g/mol. The number of aromatic nitrogens is 1. The molecule has 1 aromatic heterocycles. The molecule has 0 unspecified atom stereocenters. The summed E-state index contributed by atoms with van der Waals surface area (Å²) < 4.78 is 20.5. The lowest BCUT2D eigenvalue weighted by molar-refractivity contribution is 0.101. The third-order valence-corrected chi connectivity index (χ3v) is 4.09. The van der Waals surface area contributed by atoms with Gasteiger partial charge in [-0.05, 0) is 57.0 Å². The molecule has 0 N–H and O–H groups in total. The minimum absolute atomic E-state index is 0.0680. The number of nitrogens with zero attached hydrogens (tertiary/aromatic N) is 1. The molecule has 0 aliphatic heterocycles. The molecule has 2 rings (SSSR count). The highest BCUT2D eigenvalue weighted by Gasteiger charge is 2.15. The Morgan fingerprint density at radius 2 is 2.11 bits per heavy atom. The van der Waals surface area contributed by atoms with Crippen LogP contribution in [0.15, 0.2) is 39.5 Å². The summed E-state index contributed by atoms with van der Waals surface area (Å²) in [5, 5.41) is 0. The van der Waals surface area contributed by atoms with Crippen molar-refractivity contribution in [2.24, 2.45) is 0 Å². The van der Waals surface area contributed by atoms with Crippen LogP contribution in [-0.4, -0.2) is 10.8 Å². The Bertz CT molecular complexity index is 647. The van der Waals surface area contributed by atoms with Crippen molar-refractivity contribution in [3.63, 3.8) is 0 Å². The molecule has 6 heteroatoms. The van der Waals surface area contributed by atoms with E-state index in [1.54, 1.807) is 6.07 Å². The van der Waals surface area contributed by atoms with Crippen molar-refractivity contribution < 1.29 is 13.9 Å². The van der Waals surface area contributed by atoms with Crippen molar-refractivity contribution in [1.82, 2.24) is 4.98 Å². The quantitative estimate of drug-likeness (QED) is 0.563. The topological polar surface area (TPSA) is 39.2 Å². The van der Waals surface area contributed by atoms with Gasteiger partial charge in [0.05, 0.1) is 16.2 Å². The van der Waals surface area contributed by atoms with Gasteiger partial charge in [0.2, 0.25) is 0 Å². The Hall–Kier alpha value is -1.27. The van der Waals surface area contributed by atoms with Crippen LogP contribution in [0.4, 0.5) is 4.39 Å². The zero-order chi connectivity index (χ0) is 14.0. The van der Waals surface area contributed by atoms with E-state index in [4.69, 9.17) is 4.74 Å². The van der Waals surface area contributed by atoms with Gasteiger partial charge >= 0.3 is 0 Å². The second-order valence-electron chi connectivity index (χ2n) is 3.71. The van der Waals surface area contributed by atoms with E-state index in [1.807, 2.05) is 0 Å². The number of carbonyl (C=O) groups is 1. The molecule has 0 radical (unpaired) electrons. The minimum atomic E-state index is -0.603. The second-order valence-corrected chi connectivity index (χ2v) is 5.32. The largest absolute Gasteiger partial charge is 0.455 e. The SMILES string of the molecule is CC(=O)c1c(F)cccc1Oc1cnc(Br)c(Br)c1. The van der Waals surface area contributed by atoms with Crippen LogP contribution in [0.3, 0.4) is 0 Å². The van der Waals surface area contributed by atoms with Crippen molar-refractivity contribution >= 4 is 37.6 Å². The van der Waals surface area contributed by atoms with E-state index in [0.29, 0.717) is 14.8 Å². The average Bonchev–Trinajstić information content (AvgIpc) is 2.33. The normalized spacial score (nSPS) is 10.3. The van der Waals surface area contributed by atoms with Gasteiger partial charge in [-0.15, -0.1) is 0 Å². The Labute approximate surface area is 126 Å². The smallest absolute Gasteiger partial charge is 0.166 e. The molecule has 0 saturated carbocycles. The summed E-state index contributed by atoms with van der Waals surface area (Å²) in [5.74, 6) is -0.418. The van der Waals surface area contributed by atoms with Crippen LogP contribution in [0.1, 0.15) is 17.3 Å². The Balaban J connectivity index is 2.40. The first-order valence-electron chi connectivity index (χ1n) is 5.27. The van der Waals surface area contributed by atoms with Crippen LogP contribution in [0, 0.1) is 5.82 Å². The van der Waals surface area contributed by atoms with Crippen molar-refractivity contribution in [2.75, 3.05) is 0 Å². The first kappa shape index (κ1) is 14.1. The molecule has 3 nitrogen and oxygen atoms in total. The molecule has 98 valence electrons. The second kappa shape index (κ2) is 5.79. The highest BCUT2D eigenvalue weighted by molar-refractivity contribution is 9.13. The third kappa shape index (κ3) is 3.19. The van der Waals surface area contributed by atoms with E-state index in [0.717, 1.165) is 0 Å². The van der Waals surface area contributed by atoms with Crippen molar-refractivity contribution in [1.29, 1.82) is 0 Å². The van der Waals surface area contributed by atoms with E-state index in [-0.39, 0.29) is 11.3 Å².